The molecule has 1 unspecified atom stereocenters. The van der Waals surface area contributed by atoms with Crippen LogP contribution in [0.4, 0.5) is 5.69 Å². The molecule has 0 radical (unpaired) electrons. The summed E-state index contributed by atoms with van der Waals surface area (Å²) in [5.41, 5.74) is 4.29. The number of likely N-dealkylation sites (N-methyl/N-ethyl adjacent to an activating group) is 1. The van der Waals surface area contributed by atoms with Crippen LogP contribution >= 0.6 is 35.6 Å². The molecule has 1 N–H and O–H groups in total. The number of nitrogens with one attached hydrogen (secondary N) is 1. The molecule has 0 saturated heterocycles. The predicted octanol–water partition coefficient (Wildman–Crippen LogP) is 4.56. The van der Waals surface area contributed by atoms with E-state index in [-0.39, 0.29) is 18.3 Å². The number of hydrogen-bond donors (Lipinski definition) is 1. The Bertz CT molecular complexity index is 704. The van der Waals surface area contributed by atoms with Crippen molar-refractivity contribution in [1.29, 1.82) is 0 Å². The fraction of sp³-hybridized carbons (Fsp3) is 0.235. The zero-order chi connectivity index (χ0) is 15.7. The normalized spacial score (nSPS) is 17.1. The fourth-order valence-corrected chi connectivity index (χ4v) is 3.58. The van der Waals surface area contributed by atoms with Crippen LogP contribution in [0.2, 0.25) is 10.0 Å². The van der Waals surface area contributed by atoms with Crippen LogP contribution in [0.25, 0.3) is 0 Å². The molecule has 1 atom stereocenters. The average Bonchev–Trinajstić information content (AvgIpc) is 2.49. The van der Waals surface area contributed by atoms with Gasteiger partial charge in [0, 0.05) is 34.7 Å². The molecule has 3 nitrogen and oxygen atoms in total. The van der Waals surface area contributed by atoms with Gasteiger partial charge in [-0.15, -0.1) is 12.4 Å². The van der Waals surface area contributed by atoms with Crippen LogP contribution in [-0.2, 0) is 11.3 Å². The van der Waals surface area contributed by atoms with Crippen molar-refractivity contribution in [3.63, 3.8) is 0 Å². The van der Waals surface area contributed by atoms with Crippen molar-refractivity contribution in [2.24, 2.45) is 0 Å². The molecular weight excluding hydrogens is 355 g/mol. The number of hydrogen-bond acceptors (Lipinski definition) is 2. The minimum atomic E-state index is 0. The van der Waals surface area contributed by atoms with E-state index < -0.39 is 0 Å². The number of fused-ring (bicyclic) bond motifs is 1. The van der Waals surface area contributed by atoms with Gasteiger partial charge in [-0.3, -0.25) is 4.79 Å². The maximum absolute atomic E-state index is 10.5. The Labute approximate surface area is 152 Å². The van der Waals surface area contributed by atoms with E-state index in [0.717, 1.165) is 29.4 Å². The SMILES string of the molecule is CN1Cc2c(Cl)cc(Cl)cc2C(c2ccc(NC=O)cc2)C1.Cl. The van der Waals surface area contributed by atoms with E-state index in [0.29, 0.717) is 11.4 Å². The number of anilines is 1. The Morgan fingerprint density at radius 1 is 1.22 bits per heavy atom. The van der Waals surface area contributed by atoms with Gasteiger partial charge in [0.25, 0.3) is 0 Å². The van der Waals surface area contributed by atoms with Gasteiger partial charge in [-0.1, -0.05) is 35.3 Å². The van der Waals surface area contributed by atoms with Gasteiger partial charge in [-0.05, 0) is 48.0 Å². The molecule has 3 rings (SSSR count). The monoisotopic (exact) mass is 370 g/mol. The number of amides is 1. The molecule has 122 valence electrons. The molecule has 1 aliphatic rings. The van der Waals surface area contributed by atoms with Gasteiger partial charge in [0.1, 0.15) is 0 Å². The third-order valence-corrected chi connectivity index (χ3v) is 4.59. The molecular formula is C17H17Cl3N2O. The van der Waals surface area contributed by atoms with Crippen LogP contribution in [0, 0.1) is 0 Å². The molecule has 0 aromatic heterocycles. The first-order valence-corrected chi connectivity index (χ1v) is 7.80. The third kappa shape index (κ3) is 3.81. The number of benzene rings is 2. The van der Waals surface area contributed by atoms with Crippen molar-refractivity contribution in [3.8, 4) is 0 Å². The summed E-state index contributed by atoms with van der Waals surface area (Å²) in [5.74, 6) is 0.218. The Kier molecular flexibility index (Phi) is 5.93. The molecule has 6 heteroatoms. The van der Waals surface area contributed by atoms with Crippen LogP contribution < -0.4 is 5.32 Å². The van der Waals surface area contributed by atoms with Crippen molar-refractivity contribution in [1.82, 2.24) is 4.90 Å². The molecule has 1 aliphatic heterocycles. The lowest BCUT2D eigenvalue weighted by Crippen LogP contribution is -2.31. The van der Waals surface area contributed by atoms with E-state index in [9.17, 15) is 4.79 Å². The zero-order valence-electron chi connectivity index (χ0n) is 12.6. The lowest BCUT2D eigenvalue weighted by atomic mass is 9.85. The van der Waals surface area contributed by atoms with Gasteiger partial charge in [0.2, 0.25) is 6.41 Å². The third-order valence-electron chi connectivity index (χ3n) is 4.03. The Morgan fingerprint density at radius 3 is 2.57 bits per heavy atom. The maximum Gasteiger partial charge on any atom is 0.211 e. The summed E-state index contributed by atoms with van der Waals surface area (Å²) < 4.78 is 0. The highest BCUT2D eigenvalue weighted by atomic mass is 35.5. The van der Waals surface area contributed by atoms with E-state index in [2.05, 4.69) is 17.3 Å². The number of rotatable bonds is 3. The number of carbonyl (C=O) groups excluding carboxylic acids is 1. The van der Waals surface area contributed by atoms with E-state index >= 15 is 0 Å². The van der Waals surface area contributed by atoms with E-state index in [1.165, 1.54) is 11.1 Å². The summed E-state index contributed by atoms with van der Waals surface area (Å²) >= 11 is 12.6. The number of halogens is 3. The van der Waals surface area contributed by atoms with Gasteiger partial charge < -0.3 is 10.2 Å². The fourth-order valence-electron chi connectivity index (χ4n) is 3.01. The Morgan fingerprint density at radius 2 is 1.91 bits per heavy atom. The molecule has 0 fully saturated rings. The molecule has 1 heterocycles. The summed E-state index contributed by atoms with van der Waals surface area (Å²) in [7, 11) is 2.09. The van der Waals surface area contributed by atoms with Gasteiger partial charge in [0.15, 0.2) is 0 Å². The Hall–Kier alpha value is -1.26. The first kappa shape index (κ1) is 18.1. The lowest BCUT2D eigenvalue weighted by Gasteiger charge is -2.33. The van der Waals surface area contributed by atoms with E-state index in [1.807, 2.05) is 30.3 Å². The first-order chi connectivity index (χ1) is 10.6. The van der Waals surface area contributed by atoms with Crippen molar-refractivity contribution < 1.29 is 4.79 Å². The minimum absolute atomic E-state index is 0. The van der Waals surface area contributed by atoms with Crippen LogP contribution in [-0.4, -0.2) is 24.9 Å². The van der Waals surface area contributed by atoms with Gasteiger partial charge in [0.05, 0.1) is 0 Å². The van der Waals surface area contributed by atoms with Gasteiger partial charge >= 0.3 is 0 Å². The zero-order valence-corrected chi connectivity index (χ0v) is 14.9. The van der Waals surface area contributed by atoms with Crippen molar-refractivity contribution in [2.75, 3.05) is 18.9 Å². The first-order valence-electron chi connectivity index (χ1n) is 7.05. The topological polar surface area (TPSA) is 32.3 Å². The largest absolute Gasteiger partial charge is 0.329 e. The standard InChI is InChI=1S/C17H16Cl2N2O.ClH/c1-21-8-15(11-2-4-13(5-3-11)20-10-22)14-6-12(18)7-17(19)16(14)9-21;/h2-7,10,15H,8-9H2,1H3,(H,20,22);1H. The summed E-state index contributed by atoms with van der Waals surface area (Å²) in [6.45, 7) is 1.73. The smallest absolute Gasteiger partial charge is 0.211 e. The van der Waals surface area contributed by atoms with Crippen LogP contribution in [0.15, 0.2) is 36.4 Å². The van der Waals surface area contributed by atoms with E-state index in [4.69, 9.17) is 23.2 Å². The molecule has 2 aromatic carbocycles. The molecule has 1 amide bonds. The molecule has 2 aromatic rings. The maximum atomic E-state index is 10.5. The summed E-state index contributed by atoms with van der Waals surface area (Å²) in [6.07, 6.45) is 0.679. The van der Waals surface area contributed by atoms with Crippen LogP contribution in [0.5, 0.6) is 0 Å². The quantitative estimate of drug-likeness (QED) is 0.802. The summed E-state index contributed by atoms with van der Waals surface area (Å²) in [5, 5.41) is 4.04. The Balaban J connectivity index is 0.00000192. The van der Waals surface area contributed by atoms with E-state index in [1.54, 1.807) is 6.07 Å². The second kappa shape index (κ2) is 7.54. The van der Waals surface area contributed by atoms with Crippen molar-refractivity contribution in [2.45, 2.75) is 12.5 Å². The minimum Gasteiger partial charge on any atom is -0.329 e. The second-order valence-corrected chi connectivity index (χ2v) is 6.43. The molecule has 0 bridgehead atoms. The van der Waals surface area contributed by atoms with Crippen molar-refractivity contribution >= 4 is 47.7 Å². The number of nitrogens with zero attached hydrogens (tertiary/aromatic N) is 1. The highest BCUT2D eigenvalue weighted by Gasteiger charge is 2.26. The average molecular weight is 372 g/mol. The second-order valence-electron chi connectivity index (χ2n) is 5.59. The molecule has 23 heavy (non-hydrogen) atoms. The number of carbonyl (C=O) groups is 1. The van der Waals surface area contributed by atoms with Crippen LogP contribution in [0.3, 0.4) is 0 Å². The summed E-state index contributed by atoms with van der Waals surface area (Å²) in [6, 6.07) is 11.7. The molecule has 0 saturated carbocycles. The lowest BCUT2D eigenvalue weighted by molar-refractivity contribution is -0.105. The molecule has 0 aliphatic carbocycles. The van der Waals surface area contributed by atoms with Gasteiger partial charge in [-0.25, -0.2) is 0 Å². The van der Waals surface area contributed by atoms with Crippen LogP contribution in [0.1, 0.15) is 22.6 Å². The highest BCUT2D eigenvalue weighted by molar-refractivity contribution is 6.35. The molecule has 0 spiro atoms. The predicted molar refractivity (Wildman–Crippen MR) is 98.0 cm³/mol. The van der Waals surface area contributed by atoms with Crippen molar-refractivity contribution in [3.05, 3.63) is 63.1 Å². The highest BCUT2D eigenvalue weighted by Crippen LogP contribution is 2.38. The summed E-state index contributed by atoms with van der Waals surface area (Å²) in [4.78, 5) is 12.7. The van der Waals surface area contributed by atoms with Gasteiger partial charge in [-0.2, -0.15) is 0 Å².